The monoisotopic (exact) mass is 155 g/mol. The Morgan fingerprint density at radius 1 is 1.91 bits per heavy atom. The Balaban J connectivity index is 2.18. The van der Waals surface area contributed by atoms with Crippen LogP contribution in [0.1, 0.15) is 13.3 Å². The summed E-state index contributed by atoms with van der Waals surface area (Å²) in [6.07, 6.45) is 0.924. The fourth-order valence-corrected chi connectivity index (χ4v) is 1.12. The average molecular weight is 155 g/mol. The predicted molar refractivity (Wildman–Crippen MR) is 42.2 cm³/mol. The fourth-order valence-electron chi connectivity index (χ4n) is 1.12. The summed E-state index contributed by atoms with van der Waals surface area (Å²) in [5, 5.41) is 3.18. The van der Waals surface area contributed by atoms with Gasteiger partial charge in [-0.15, -0.1) is 0 Å². The number of esters is 1. The zero-order chi connectivity index (χ0) is 8.27. The topological polar surface area (TPSA) is 38.3 Å². The Bertz CT molecular complexity index is 177. The third kappa shape index (κ3) is 2.72. The molecule has 0 aliphatic carbocycles. The minimum Gasteiger partial charge on any atom is -0.464 e. The number of nitrogens with one attached hydrogen (secondary N) is 1. The van der Waals surface area contributed by atoms with Crippen molar-refractivity contribution in [2.75, 3.05) is 13.2 Å². The zero-order valence-electron chi connectivity index (χ0n) is 6.72. The van der Waals surface area contributed by atoms with Gasteiger partial charge in [-0.3, -0.25) is 4.79 Å². The van der Waals surface area contributed by atoms with E-state index in [0.29, 0.717) is 6.61 Å². The summed E-state index contributed by atoms with van der Waals surface area (Å²) < 4.78 is 4.83. The van der Waals surface area contributed by atoms with Gasteiger partial charge in [-0.1, -0.05) is 12.2 Å². The lowest BCUT2D eigenvalue weighted by molar-refractivity contribution is -0.141. The van der Waals surface area contributed by atoms with Crippen LogP contribution in [-0.2, 0) is 9.53 Å². The van der Waals surface area contributed by atoms with Crippen LogP contribution in [0, 0.1) is 0 Å². The average Bonchev–Trinajstić information content (AvgIpc) is 2.31. The van der Waals surface area contributed by atoms with Crippen molar-refractivity contribution in [3.8, 4) is 0 Å². The maximum Gasteiger partial charge on any atom is 0.302 e. The van der Waals surface area contributed by atoms with Crippen molar-refractivity contribution in [1.82, 2.24) is 5.32 Å². The Hall–Kier alpha value is -0.830. The van der Waals surface area contributed by atoms with Gasteiger partial charge >= 0.3 is 5.97 Å². The molecule has 1 heterocycles. The molecule has 0 bridgehead atoms. The second-order valence-electron chi connectivity index (χ2n) is 2.83. The lowest BCUT2D eigenvalue weighted by Crippen LogP contribution is -2.27. The second-order valence-corrected chi connectivity index (χ2v) is 2.83. The van der Waals surface area contributed by atoms with Gasteiger partial charge in [-0.2, -0.15) is 0 Å². The molecule has 1 aliphatic rings. The van der Waals surface area contributed by atoms with E-state index in [9.17, 15) is 4.79 Å². The van der Waals surface area contributed by atoms with Crippen molar-refractivity contribution < 1.29 is 9.53 Å². The summed E-state index contributed by atoms with van der Waals surface area (Å²) >= 11 is 0. The van der Waals surface area contributed by atoms with E-state index >= 15 is 0 Å². The van der Waals surface area contributed by atoms with Crippen LogP contribution in [0.15, 0.2) is 12.2 Å². The number of rotatable bonds is 2. The molecule has 1 atom stereocenters. The van der Waals surface area contributed by atoms with Crippen LogP contribution in [0.5, 0.6) is 0 Å². The molecule has 0 aromatic carbocycles. The maximum atomic E-state index is 10.4. The van der Waals surface area contributed by atoms with Crippen LogP contribution in [0.4, 0.5) is 0 Å². The van der Waals surface area contributed by atoms with E-state index < -0.39 is 0 Å². The highest BCUT2D eigenvalue weighted by Gasteiger charge is 2.17. The lowest BCUT2D eigenvalue weighted by Gasteiger charge is -2.08. The van der Waals surface area contributed by atoms with E-state index in [1.54, 1.807) is 0 Å². The second kappa shape index (κ2) is 3.53. The van der Waals surface area contributed by atoms with Gasteiger partial charge in [0.15, 0.2) is 0 Å². The minimum absolute atomic E-state index is 0.218. The Morgan fingerprint density at radius 2 is 2.64 bits per heavy atom. The molecule has 3 nitrogen and oxygen atoms in total. The smallest absolute Gasteiger partial charge is 0.302 e. The number of carbonyl (C=O) groups is 1. The third-order valence-corrected chi connectivity index (χ3v) is 1.66. The van der Waals surface area contributed by atoms with E-state index in [0.717, 1.165) is 13.0 Å². The normalized spacial score (nSPS) is 23.7. The zero-order valence-corrected chi connectivity index (χ0v) is 6.72. The Morgan fingerprint density at radius 3 is 3.09 bits per heavy atom. The molecule has 1 aliphatic heterocycles. The van der Waals surface area contributed by atoms with Crippen LogP contribution >= 0.6 is 0 Å². The molecule has 0 aromatic heterocycles. The van der Waals surface area contributed by atoms with Crippen LogP contribution < -0.4 is 5.32 Å². The van der Waals surface area contributed by atoms with Gasteiger partial charge in [0.1, 0.15) is 6.61 Å². The fraction of sp³-hybridized carbons (Fsp3) is 0.625. The van der Waals surface area contributed by atoms with Gasteiger partial charge < -0.3 is 10.1 Å². The molecule has 1 fully saturated rings. The van der Waals surface area contributed by atoms with Crippen molar-refractivity contribution in [3.05, 3.63) is 12.2 Å². The number of hydrogen-bond acceptors (Lipinski definition) is 3. The van der Waals surface area contributed by atoms with Crippen LogP contribution in [0.25, 0.3) is 0 Å². The van der Waals surface area contributed by atoms with Gasteiger partial charge in [0.2, 0.25) is 0 Å². The van der Waals surface area contributed by atoms with Crippen molar-refractivity contribution in [2.24, 2.45) is 0 Å². The lowest BCUT2D eigenvalue weighted by atomic mass is 10.2. The standard InChI is InChI=1S/C8H13NO2/c1-6-3-8(9-4-6)5-11-7(2)10/h8-9H,1,3-5H2,2H3. The minimum atomic E-state index is -0.218. The van der Waals surface area contributed by atoms with Gasteiger partial charge in [-0.05, 0) is 6.42 Å². The number of carbonyl (C=O) groups excluding carboxylic acids is 1. The van der Waals surface area contributed by atoms with Gasteiger partial charge in [0.05, 0.1) is 0 Å². The molecule has 1 N–H and O–H groups in total. The molecular weight excluding hydrogens is 142 g/mol. The summed E-state index contributed by atoms with van der Waals surface area (Å²) in [7, 11) is 0. The van der Waals surface area contributed by atoms with Gasteiger partial charge in [-0.25, -0.2) is 0 Å². The van der Waals surface area contributed by atoms with Crippen molar-refractivity contribution in [3.63, 3.8) is 0 Å². The maximum absolute atomic E-state index is 10.4. The molecule has 1 unspecified atom stereocenters. The largest absolute Gasteiger partial charge is 0.464 e. The van der Waals surface area contributed by atoms with Crippen LogP contribution in [-0.4, -0.2) is 25.2 Å². The van der Waals surface area contributed by atoms with E-state index in [1.165, 1.54) is 12.5 Å². The molecule has 0 spiro atoms. The Labute approximate surface area is 66.4 Å². The van der Waals surface area contributed by atoms with Crippen molar-refractivity contribution in [2.45, 2.75) is 19.4 Å². The number of hydrogen-bond donors (Lipinski definition) is 1. The molecule has 0 saturated carbocycles. The highest BCUT2D eigenvalue weighted by Crippen LogP contribution is 2.10. The molecule has 1 saturated heterocycles. The Kier molecular flexibility index (Phi) is 2.65. The molecule has 3 heteroatoms. The first kappa shape index (κ1) is 8.27. The SMILES string of the molecule is C=C1CNC(COC(C)=O)C1. The molecule has 0 radical (unpaired) electrons. The summed E-state index contributed by atoms with van der Waals surface area (Å²) in [5.41, 5.74) is 1.18. The van der Waals surface area contributed by atoms with Crippen molar-refractivity contribution >= 4 is 5.97 Å². The first-order chi connectivity index (χ1) is 5.18. The molecular formula is C8H13NO2. The summed E-state index contributed by atoms with van der Waals surface area (Å²) in [5.74, 6) is -0.218. The van der Waals surface area contributed by atoms with Gasteiger partial charge in [0, 0.05) is 19.5 Å². The molecule has 1 rings (SSSR count). The summed E-state index contributed by atoms with van der Waals surface area (Å²) in [6, 6.07) is 0.284. The van der Waals surface area contributed by atoms with E-state index in [-0.39, 0.29) is 12.0 Å². The first-order valence-electron chi connectivity index (χ1n) is 3.72. The molecule has 11 heavy (non-hydrogen) atoms. The van der Waals surface area contributed by atoms with E-state index in [4.69, 9.17) is 4.74 Å². The van der Waals surface area contributed by atoms with E-state index in [1.807, 2.05) is 0 Å². The quantitative estimate of drug-likeness (QED) is 0.465. The van der Waals surface area contributed by atoms with E-state index in [2.05, 4.69) is 11.9 Å². The third-order valence-electron chi connectivity index (χ3n) is 1.66. The molecule has 62 valence electrons. The highest BCUT2D eigenvalue weighted by atomic mass is 16.5. The predicted octanol–water partition coefficient (Wildman–Crippen LogP) is 0.468. The summed E-state index contributed by atoms with van der Waals surface area (Å²) in [6.45, 7) is 6.57. The molecule has 0 amide bonds. The molecule has 0 aromatic rings. The first-order valence-corrected chi connectivity index (χ1v) is 3.72. The van der Waals surface area contributed by atoms with Gasteiger partial charge in [0.25, 0.3) is 0 Å². The summed E-state index contributed by atoms with van der Waals surface area (Å²) in [4.78, 5) is 10.4. The van der Waals surface area contributed by atoms with Crippen molar-refractivity contribution in [1.29, 1.82) is 0 Å². The van der Waals surface area contributed by atoms with Crippen LogP contribution in [0.2, 0.25) is 0 Å². The number of ether oxygens (including phenoxy) is 1. The highest BCUT2D eigenvalue weighted by molar-refractivity contribution is 5.65. The van der Waals surface area contributed by atoms with Crippen LogP contribution in [0.3, 0.4) is 0 Å².